The van der Waals surface area contributed by atoms with E-state index in [1.165, 1.54) is 27.8 Å². The SMILES string of the molecule is c1ccc(C(=C(c2ccccc2)c2cccc(-c3ccc(-c4ncnc(-c5ccccc5)n4)cc3)c2)c2ccccc2)cc1. The molecule has 7 rings (SSSR count). The molecule has 44 heavy (non-hydrogen) atoms. The third kappa shape index (κ3) is 5.72. The van der Waals surface area contributed by atoms with Crippen LogP contribution in [0.15, 0.2) is 176 Å². The van der Waals surface area contributed by atoms with Gasteiger partial charge in [0.15, 0.2) is 11.6 Å². The summed E-state index contributed by atoms with van der Waals surface area (Å²) >= 11 is 0. The summed E-state index contributed by atoms with van der Waals surface area (Å²) in [6.45, 7) is 0. The van der Waals surface area contributed by atoms with Gasteiger partial charge in [-0.1, -0.05) is 164 Å². The number of hydrogen-bond donors (Lipinski definition) is 0. The predicted octanol–water partition coefficient (Wildman–Crippen LogP) is 9.88. The van der Waals surface area contributed by atoms with Gasteiger partial charge in [0.1, 0.15) is 6.33 Å². The van der Waals surface area contributed by atoms with Gasteiger partial charge in [-0.05, 0) is 50.6 Å². The van der Waals surface area contributed by atoms with E-state index in [9.17, 15) is 0 Å². The molecule has 0 aliphatic heterocycles. The molecule has 0 N–H and O–H groups in total. The average molecular weight is 564 g/mol. The Hall–Kier alpha value is -5.93. The van der Waals surface area contributed by atoms with E-state index in [2.05, 4.69) is 149 Å². The van der Waals surface area contributed by atoms with E-state index in [1.807, 2.05) is 30.3 Å². The number of benzene rings is 6. The van der Waals surface area contributed by atoms with Gasteiger partial charge in [-0.3, -0.25) is 0 Å². The number of hydrogen-bond acceptors (Lipinski definition) is 3. The van der Waals surface area contributed by atoms with Crippen molar-refractivity contribution in [3.63, 3.8) is 0 Å². The predicted molar refractivity (Wildman–Crippen MR) is 180 cm³/mol. The molecular weight excluding hydrogens is 534 g/mol. The lowest BCUT2D eigenvalue weighted by Gasteiger charge is -2.19. The van der Waals surface area contributed by atoms with Crippen LogP contribution in [0.2, 0.25) is 0 Å². The molecule has 0 saturated carbocycles. The fourth-order valence-corrected chi connectivity index (χ4v) is 5.55. The fraction of sp³-hybridized carbons (Fsp3) is 0. The van der Waals surface area contributed by atoms with Crippen molar-refractivity contribution < 1.29 is 0 Å². The Labute approximate surface area is 257 Å². The van der Waals surface area contributed by atoms with E-state index in [4.69, 9.17) is 4.98 Å². The first-order chi connectivity index (χ1) is 21.8. The zero-order valence-corrected chi connectivity index (χ0v) is 24.1. The van der Waals surface area contributed by atoms with Gasteiger partial charge in [0.25, 0.3) is 0 Å². The molecular formula is C41H29N3. The van der Waals surface area contributed by atoms with Crippen LogP contribution >= 0.6 is 0 Å². The first-order valence-corrected chi connectivity index (χ1v) is 14.7. The Kier molecular flexibility index (Phi) is 7.66. The van der Waals surface area contributed by atoms with E-state index in [0.29, 0.717) is 11.6 Å². The van der Waals surface area contributed by atoms with Crippen molar-refractivity contribution in [2.75, 3.05) is 0 Å². The van der Waals surface area contributed by atoms with Crippen LogP contribution in [0.3, 0.4) is 0 Å². The van der Waals surface area contributed by atoms with Crippen LogP contribution in [-0.4, -0.2) is 15.0 Å². The van der Waals surface area contributed by atoms with Crippen molar-refractivity contribution in [2.45, 2.75) is 0 Å². The van der Waals surface area contributed by atoms with Gasteiger partial charge in [0.05, 0.1) is 0 Å². The van der Waals surface area contributed by atoms with Crippen LogP contribution < -0.4 is 0 Å². The van der Waals surface area contributed by atoms with Crippen LogP contribution in [0.4, 0.5) is 0 Å². The monoisotopic (exact) mass is 563 g/mol. The molecule has 0 radical (unpaired) electrons. The van der Waals surface area contributed by atoms with Crippen LogP contribution in [0.25, 0.3) is 45.0 Å². The summed E-state index contributed by atoms with van der Waals surface area (Å²) in [6, 6.07) is 59.2. The maximum atomic E-state index is 4.74. The first-order valence-electron chi connectivity index (χ1n) is 14.7. The van der Waals surface area contributed by atoms with Gasteiger partial charge in [0.2, 0.25) is 0 Å². The molecule has 0 spiro atoms. The molecule has 0 fully saturated rings. The molecule has 3 nitrogen and oxygen atoms in total. The second-order valence-corrected chi connectivity index (χ2v) is 10.5. The van der Waals surface area contributed by atoms with Crippen molar-refractivity contribution in [3.8, 4) is 33.9 Å². The number of rotatable bonds is 7. The second-order valence-electron chi connectivity index (χ2n) is 10.5. The molecule has 0 unspecified atom stereocenters. The standard InChI is InChI=1S/C41H29N3/c1-5-14-31(15-6-1)38(32-16-7-2-8-17-32)39(33-18-9-3-10-19-33)37-23-13-22-36(28-37)30-24-26-35(27-25-30)41-43-29-42-40(44-41)34-20-11-4-12-21-34/h1-29H. The summed E-state index contributed by atoms with van der Waals surface area (Å²) in [4.78, 5) is 13.6. The molecule has 3 heteroatoms. The summed E-state index contributed by atoms with van der Waals surface area (Å²) < 4.78 is 0. The minimum atomic E-state index is 0.656. The third-order valence-electron chi connectivity index (χ3n) is 7.67. The largest absolute Gasteiger partial charge is 0.217 e. The fourth-order valence-electron chi connectivity index (χ4n) is 5.55. The van der Waals surface area contributed by atoms with Crippen molar-refractivity contribution >= 4 is 11.1 Å². The Bertz CT molecular complexity index is 1980. The lowest BCUT2D eigenvalue weighted by Crippen LogP contribution is -1.98. The Morgan fingerprint density at radius 1 is 0.318 bits per heavy atom. The van der Waals surface area contributed by atoms with Crippen LogP contribution in [0.5, 0.6) is 0 Å². The molecule has 0 amide bonds. The van der Waals surface area contributed by atoms with Crippen molar-refractivity contribution in [2.24, 2.45) is 0 Å². The van der Waals surface area contributed by atoms with Gasteiger partial charge in [-0.2, -0.15) is 0 Å². The topological polar surface area (TPSA) is 38.7 Å². The van der Waals surface area contributed by atoms with Crippen molar-refractivity contribution in [1.82, 2.24) is 15.0 Å². The maximum absolute atomic E-state index is 4.74. The van der Waals surface area contributed by atoms with E-state index in [-0.39, 0.29) is 0 Å². The Morgan fingerprint density at radius 3 is 1.23 bits per heavy atom. The molecule has 7 aromatic rings. The minimum Gasteiger partial charge on any atom is -0.217 e. The number of nitrogens with zero attached hydrogens (tertiary/aromatic N) is 3. The summed E-state index contributed by atoms with van der Waals surface area (Å²) in [5.41, 5.74) is 11.3. The number of aromatic nitrogens is 3. The highest BCUT2D eigenvalue weighted by Gasteiger charge is 2.17. The van der Waals surface area contributed by atoms with E-state index >= 15 is 0 Å². The molecule has 1 heterocycles. The van der Waals surface area contributed by atoms with Crippen LogP contribution in [0.1, 0.15) is 22.3 Å². The van der Waals surface area contributed by atoms with Crippen molar-refractivity contribution in [1.29, 1.82) is 0 Å². The van der Waals surface area contributed by atoms with Gasteiger partial charge in [0, 0.05) is 11.1 Å². The van der Waals surface area contributed by atoms with Gasteiger partial charge in [-0.25, -0.2) is 15.0 Å². The van der Waals surface area contributed by atoms with E-state index in [0.717, 1.165) is 27.8 Å². The van der Waals surface area contributed by atoms with Crippen LogP contribution in [0, 0.1) is 0 Å². The van der Waals surface area contributed by atoms with Crippen LogP contribution in [-0.2, 0) is 0 Å². The smallest absolute Gasteiger partial charge is 0.163 e. The maximum Gasteiger partial charge on any atom is 0.163 e. The van der Waals surface area contributed by atoms with E-state index in [1.54, 1.807) is 6.33 Å². The zero-order chi connectivity index (χ0) is 29.6. The molecule has 0 aliphatic carbocycles. The summed E-state index contributed by atoms with van der Waals surface area (Å²) in [5.74, 6) is 1.32. The Morgan fingerprint density at radius 2 is 0.705 bits per heavy atom. The highest BCUT2D eigenvalue weighted by Crippen LogP contribution is 2.38. The summed E-state index contributed by atoms with van der Waals surface area (Å²) in [6.07, 6.45) is 1.58. The highest BCUT2D eigenvalue weighted by atomic mass is 15.0. The zero-order valence-electron chi connectivity index (χ0n) is 24.1. The van der Waals surface area contributed by atoms with Gasteiger partial charge < -0.3 is 0 Å². The molecule has 0 atom stereocenters. The second kappa shape index (κ2) is 12.5. The van der Waals surface area contributed by atoms with Gasteiger partial charge >= 0.3 is 0 Å². The molecule has 6 aromatic carbocycles. The lowest BCUT2D eigenvalue weighted by molar-refractivity contribution is 1.07. The quantitative estimate of drug-likeness (QED) is 0.181. The highest BCUT2D eigenvalue weighted by molar-refractivity contribution is 6.05. The molecule has 0 aliphatic rings. The molecule has 0 saturated heterocycles. The van der Waals surface area contributed by atoms with E-state index < -0.39 is 0 Å². The van der Waals surface area contributed by atoms with Gasteiger partial charge in [-0.15, -0.1) is 0 Å². The molecule has 0 bridgehead atoms. The third-order valence-corrected chi connectivity index (χ3v) is 7.67. The molecule has 1 aromatic heterocycles. The first kappa shape index (κ1) is 26.9. The summed E-state index contributed by atoms with van der Waals surface area (Å²) in [5, 5.41) is 0. The van der Waals surface area contributed by atoms with Crippen molar-refractivity contribution in [3.05, 3.63) is 198 Å². The normalized spacial score (nSPS) is 10.7. The lowest BCUT2D eigenvalue weighted by atomic mass is 9.85. The molecule has 208 valence electrons. The average Bonchev–Trinajstić information content (AvgIpc) is 3.12. The Balaban J connectivity index is 1.31. The minimum absolute atomic E-state index is 0.656. The summed E-state index contributed by atoms with van der Waals surface area (Å²) in [7, 11) is 0.